The Kier molecular flexibility index (Phi) is 9.06. The van der Waals surface area contributed by atoms with Gasteiger partial charge in [-0.15, -0.1) is 12.4 Å². The zero-order valence-corrected chi connectivity index (χ0v) is 16.3. The van der Waals surface area contributed by atoms with Gasteiger partial charge < -0.3 is 10.6 Å². The summed E-state index contributed by atoms with van der Waals surface area (Å²) in [5, 5.41) is 6.92. The second-order valence-corrected chi connectivity index (χ2v) is 6.86. The molecule has 1 aliphatic rings. The largest absolute Gasteiger partial charge is 0.324 e. The van der Waals surface area contributed by atoms with Crippen LogP contribution >= 0.6 is 24.0 Å². The van der Waals surface area contributed by atoms with Crippen molar-refractivity contribution < 1.29 is 4.79 Å². The fraction of sp³-hybridized carbons (Fsp3) is 0.611. The van der Waals surface area contributed by atoms with Crippen LogP contribution in [0.4, 0.5) is 5.69 Å². The van der Waals surface area contributed by atoms with Gasteiger partial charge in [-0.05, 0) is 83.4 Å². The van der Waals surface area contributed by atoms with Gasteiger partial charge in [-0.3, -0.25) is 9.69 Å². The Hall–Kier alpha value is -0.810. The smallest absolute Gasteiger partial charge is 0.241 e. The van der Waals surface area contributed by atoms with E-state index < -0.39 is 0 Å². The summed E-state index contributed by atoms with van der Waals surface area (Å²) in [5.41, 5.74) is 1.72. The van der Waals surface area contributed by atoms with E-state index in [1.807, 2.05) is 39.1 Å². The van der Waals surface area contributed by atoms with E-state index >= 15 is 0 Å². The van der Waals surface area contributed by atoms with Crippen LogP contribution in [0.3, 0.4) is 0 Å². The predicted octanol–water partition coefficient (Wildman–Crippen LogP) is 3.72. The molecule has 4 nitrogen and oxygen atoms in total. The lowest BCUT2D eigenvalue weighted by Crippen LogP contribution is -2.46. The molecule has 0 radical (unpaired) electrons. The molecule has 6 heteroatoms. The van der Waals surface area contributed by atoms with Crippen molar-refractivity contribution in [1.82, 2.24) is 10.2 Å². The van der Waals surface area contributed by atoms with Gasteiger partial charge in [-0.25, -0.2) is 0 Å². The minimum atomic E-state index is -0.112. The highest BCUT2D eigenvalue weighted by atomic mass is 35.5. The topological polar surface area (TPSA) is 44.4 Å². The number of anilines is 1. The monoisotopic (exact) mass is 373 g/mol. The Morgan fingerprint density at radius 1 is 1.38 bits per heavy atom. The lowest BCUT2D eigenvalue weighted by molar-refractivity contribution is -0.121. The Labute approximate surface area is 156 Å². The number of nitrogens with one attached hydrogen (secondary N) is 2. The van der Waals surface area contributed by atoms with Crippen LogP contribution in [-0.4, -0.2) is 43.5 Å². The van der Waals surface area contributed by atoms with E-state index in [-0.39, 0.29) is 24.4 Å². The molecule has 1 amide bonds. The van der Waals surface area contributed by atoms with Crippen molar-refractivity contribution in [3.63, 3.8) is 0 Å². The van der Waals surface area contributed by atoms with Crippen LogP contribution in [0, 0.1) is 12.8 Å². The third kappa shape index (κ3) is 5.62. The van der Waals surface area contributed by atoms with E-state index in [1.165, 1.54) is 19.3 Å². The highest BCUT2D eigenvalue weighted by Crippen LogP contribution is 2.25. The molecular formula is C18H29Cl2N3O. The number of likely N-dealkylation sites (tertiary alicyclic amines) is 1. The van der Waals surface area contributed by atoms with Crippen LogP contribution in [0.25, 0.3) is 0 Å². The number of benzene rings is 1. The highest BCUT2D eigenvalue weighted by molar-refractivity contribution is 6.31. The molecule has 2 N–H and O–H groups in total. The van der Waals surface area contributed by atoms with E-state index in [2.05, 4.69) is 15.5 Å². The maximum atomic E-state index is 12.5. The zero-order valence-electron chi connectivity index (χ0n) is 14.8. The van der Waals surface area contributed by atoms with E-state index in [0.717, 1.165) is 36.8 Å². The van der Waals surface area contributed by atoms with E-state index in [0.29, 0.717) is 5.02 Å². The van der Waals surface area contributed by atoms with Gasteiger partial charge in [0.15, 0.2) is 0 Å². The number of piperidine rings is 1. The molecule has 0 bridgehead atoms. The molecule has 1 aromatic rings. The summed E-state index contributed by atoms with van der Waals surface area (Å²) in [6.07, 6.45) is 3.58. The molecule has 0 aromatic heterocycles. The number of hydrogen-bond donors (Lipinski definition) is 2. The average Bonchev–Trinajstić information content (AvgIpc) is 2.57. The van der Waals surface area contributed by atoms with Crippen LogP contribution in [0.5, 0.6) is 0 Å². The first-order chi connectivity index (χ1) is 11.0. The fourth-order valence-corrected chi connectivity index (χ4v) is 3.30. The molecule has 1 fully saturated rings. The maximum absolute atomic E-state index is 12.5. The molecule has 1 saturated heterocycles. The molecule has 1 unspecified atom stereocenters. The number of amides is 1. The van der Waals surface area contributed by atoms with Gasteiger partial charge in [-0.1, -0.05) is 17.7 Å². The Bertz CT molecular complexity index is 531. The molecule has 0 spiro atoms. The van der Waals surface area contributed by atoms with Crippen molar-refractivity contribution in [3.05, 3.63) is 28.8 Å². The second kappa shape index (κ2) is 10.2. The first-order valence-electron chi connectivity index (χ1n) is 8.47. The first-order valence-corrected chi connectivity index (χ1v) is 8.85. The fourth-order valence-electron chi connectivity index (χ4n) is 3.12. The van der Waals surface area contributed by atoms with Crippen LogP contribution in [0.2, 0.25) is 5.02 Å². The standard InChI is InChI=1S/C18H28ClN3O.ClH/c1-13-16(19)5-4-6-17(13)21-18(23)14(2)22-11-8-15(9-12-22)7-10-20-3;/h4-6,14-15,20H,7-12H2,1-3H3,(H,21,23);1H. The van der Waals surface area contributed by atoms with Crippen molar-refractivity contribution in [3.8, 4) is 0 Å². The normalized spacial score (nSPS) is 17.2. The van der Waals surface area contributed by atoms with Crippen molar-refractivity contribution in [2.45, 2.75) is 39.2 Å². The van der Waals surface area contributed by atoms with Crippen LogP contribution in [0.15, 0.2) is 18.2 Å². The average molecular weight is 374 g/mol. The molecule has 1 aromatic carbocycles. The number of hydrogen-bond acceptors (Lipinski definition) is 3. The number of carbonyl (C=O) groups is 1. The highest BCUT2D eigenvalue weighted by Gasteiger charge is 2.26. The van der Waals surface area contributed by atoms with Gasteiger partial charge in [0, 0.05) is 10.7 Å². The summed E-state index contributed by atoms with van der Waals surface area (Å²) in [6, 6.07) is 5.49. The minimum absolute atomic E-state index is 0. The van der Waals surface area contributed by atoms with E-state index in [1.54, 1.807) is 0 Å². The van der Waals surface area contributed by atoms with Crippen LogP contribution in [-0.2, 0) is 4.79 Å². The third-order valence-electron chi connectivity index (χ3n) is 4.90. The maximum Gasteiger partial charge on any atom is 0.241 e. The van der Waals surface area contributed by atoms with Gasteiger partial charge in [0.25, 0.3) is 0 Å². The van der Waals surface area contributed by atoms with E-state index in [9.17, 15) is 4.79 Å². The van der Waals surface area contributed by atoms with Gasteiger partial charge >= 0.3 is 0 Å². The number of rotatable bonds is 6. The van der Waals surface area contributed by atoms with Crippen LogP contribution in [0.1, 0.15) is 31.7 Å². The number of carbonyl (C=O) groups excluding carboxylic acids is 1. The summed E-state index contributed by atoms with van der Waals surface area (Å²) in [7, 11) is 2.00. The summed E-state index contributed by atoms with van der Waals surface area (Å²) >= 11 is 6.12. The third-order valence-corrected chi connectivity index (χ3v) is 5.31. The molecule has 1 aliphatic heterocycles. The molecule has 1 atom stereocenters. The Balaban J connectivity index is 0.00000288. The molecule has 2 rings (SSSR count). The zero-order chi connectivity index (χ0) is 16.8. The van der Waals surface area contributed by atoms with Gasteiger partial charge in [0.2, 0.25) is 5.91 Å². The summed E-state index contributed by atoms with van der Waals surface area (Å²) in [5.74, 6) is 0.827. The first kappa shape index (κ1) is 21.2. The van der Waals surface area contributed by atoms with Gasteiger partial charge in [0.05, 0.1) is 6.04 Å². The second-order valence-electron chi connectivity index (χ2n) is 6.45. The summed E-state index contributed by atoms with van der Waals surface area (Å²) in [4.78, 5) is 14.8. The van der Waals surface area contributed by atoms with Crippen LogP contribution < -0.4 is 10.6 Å². The Morgan fingerprint density at radius 2 is 2.04 bits per heavy atom. The summed E-state index contributed by atoms with van der Waals surface area (Å²) < 4.78 is 0. The van der Waals surface area contributed by atoms with Crippen molar-refractivity contribution >= 4 is 35.6 Å². The predicted molar refractivity (Wildman–Crippen MR) is 104 cm³/mol. The molecular weight excluding hydrogens is 345 g/mol. The molecule has 1 heterocycles. The molecule has 136 valence electrons. The number of halogens is 2. The van der Waals surface area contributed by atoms with Gasteiger partial charge in [0.1, 0.15) is 0 Å². The minimum Gasteiger partial charge on any atom is -0.324 e. The van der Waals surface area contributed by atoms with Crippen molar-refractivity contribution in [2.75, 3.05) is 32.0 Å². The van der Waals surface area contributed by atoms with Crippen molar-refractivity contribution in [1.29, 1.82) is 0 Å². The SMILES string of the molecule is CNCCC1CCN(C(C)C(=O)Nc2cccc(Cl)c2C)CC1.Cl. The quantitative estimate of drug-likeness (QED) is 0.798. The lowest BCUT2D eigenvalue weighted by atomic mass is 9.93. The molecule has 24 heavy (non-hydrogen) atoms. The van der Waals surface area contributed by atoms with Crippen molar-refractivity contribution in [2.24, 2.45) is 5.92 Å². The number of nitrogens with zero attached hydrogens (tertiary/aromatic N) is 1. The molecule has 0 aliphatic carbocycles. The van der Waals surface area contributed by atoms with E-state index in [4.69, 9.17) is 11.6 Å². The molecule has 0 saturated carbocycles. The lowest BCUT2D eigenvalue weighted by Gasteiger charge is -2.35. The Morgan fingerprint density at radius 3 is 2.67 bits per heavy atom. The van der Waals surface area contributed by atoms with Gasteiger partial charge in [-0.2, -0.15) is 0 Å². The summed E-state index contributed by atoms with van der Waals surface area (Å²) in [6.45, 7) is 6.99.